The molecule has 0 aromatic carbocycles. The van der Waals surface area contributed by atoms with Gasteiger partial charge in [-0.25, -0.2) is 0 Å². The molecule has 1 aromatic heterocycles. The van der Waals surface area contributed by atoms with Gasteiger partial charge in [-0.2, -0.15) is 5.10 Å². The Bertz CT molecular complexity index is 749. The zero-order chi connectivity index (χ0) is 19.7. The number of piperidine rings is 2. The lowest BCUT2D eigenvalue weighted by Crippen LogP contribution is -2.51. The minimum atomic E-state index is -0.153. The predicted molar refractivity (Wildman–Crippen MR) is 103 cm³/mol. The number of Topliss-reactive ketones (excluding diaryl/α,β-unsaturated/α-hetero) is 1. The number of likely N-dealkylation sites (tertiary alicyclic amines) is 2. The Kier molecular flexibility index (Phi) is 5.48. The van der Waals surface area contributed by atoms with Crippen LogP contribution in [0.1, 0.15) is 66.4 Å². The van der Waals surface area contributed by atoms with Crippen LogP contribution in [0.15, 0.2) is 6.07 Å². The van der Waals surface area contributed by atoms with Crippen molar-refractivity contribution in [2.45, 2.75) is 57.5 Å². The zero-order valence-electron chi connectivity index (χ0n) is 16.4. The van der Waals surface area contributed by atoms with Gasteiger partial charge >= 0.3 is 0 Å². The Labute approximate surface area is 165 Å². The second-order valence-corrected chi connectivity index (χ2v) is 8.36. The van der Waals surface area contributed by atoms with Crippen LogP contribution in [0.2, 0.25) is 0 Å². The number of carbonyl (C=O) groups excluding carboxylic acids is 3. The summed E-state index contributed by atoms with van der Waals surface area (Å²) in [4.78, 5) is 40.7. The molecule has 8 nitrogen and oxygen atoms in total. The third-order valence-electron chi connectivity index (χ3n) is 6.18. The quantitative estimate of drug-likeness (QED) is 0.740. The highest BCUT2D eigenvalue weighted by atomic mass is 16.2. The van der Waals surface area contributed by atoms with E-state index in [0.29, 0.717) is 36.6 Å². The molecule has 4 rings (SSSR count). The summed E-state index contributed by atoms with van der Waals surface area (Å²) in [5, 5.41) is 9.73. The largest absolute Gasteiger partial charge is 0.353 e. The van der Waals surface area contributed by atoms with E-state index in [1.165, 1.54) is 13.0 Å². The smallest absolute Gasteiger partial charge is 0.271 e. The van der Waals surface area contributed by atoms with Gasteiger partial charge < -0.3 is 10.2 Å². The molecular formula is C20H29N5O3. The second kappa shape index (κ2) is 8.03. The molecule has 152 valence electrons. The van der Waals surface area contributed by atoms with E-state index < -0.39 is 0 Å². The van der Waals surface area contributed by atoms with Crippen LogP contribution >= 0.6 is 0 Å². The molecule has 1 unspecified atom stereocenters. The summed E-state index contributed by atoms with van der Waals surface area (Å²) >= 11 is 0. The second-order valence-electron chi connectivity index (χ2n) is 8.36. The number of carbonyl (C=O) groups is 3. The molecule has 3 aliphatic rings. The van der Waals surface area contributed by atoms with Crippen molar-refractivity contribution in [2.24, 2.45) is 5.92 Å². The summed E-state index contributed by atoms with van der Waals surface area (Å²) in [5.74, 6) is 0.0718. The van der Waals surface area contributed by atoms with E-state index >= 15 is 0 Å². The molecule has 1 aromatic rings. The van der Waals surface area contributed by atoms with E-state index in [1.54, 1.807) is 0 Å². The summed E-state index contributed by atoms with van der Waals surface area (Å²) in [6.07, 6.45) is 6.11. The number of hydrogen-bond acceptors (Lipinski definition) is 5. The van der Waals surface area contributed by atoms with Gasteiger partial charge in [0.05, 0.1) is 5.92 Å². The van der Waals surface area contributed by atoms with Gasteiger partial charge in [-0.05, 0) is 51.1 Å². The normalized spacial score (nSPS) is 24.2. The fraction of sp³-hybridized carbons (Fsp3) is 0.700. The van der Waals surface area contributed by atoms with Crippen molar-refractivity contribution in [1.82, 2.24) is 25.3 Å². The predicted octanol–water partition coefficient (Wildman–Crippen LogP) is 1.21. The van der Waals surface area contributed by atoms with Gasteiger partial charge in [0.25, 0.3) is 5.91 Å². The van der Waals surface area contributed by atoms with Gasteiger partial charge in [-0.1, -0.05) is 0 Å². The van der Waals surface area contributed by atoms with Crippen molar-refractivity contribution in [2.75, 3.05) is 26.2 Å². The lowest BCUT2D eigenvalue weighted by Gasteiger charge is -2.42. The molecule has 0 bridgehead atoms. The SMILES string of the molecule is CC(=O)c1cc(C(=O)N2CCC(N3CCCC(C(=O)NC4CC4)C3)CC2)[nH]n1. The average Bonchev–Trinajstić information content (AvgIpc) is 3.38. The fourth-order valence-corrected chi connectivity index (χ4v) is 4.31. The molecule has 3 heterocycles. The lowest BCUT2D eigenvalue weighted by atomic mass is 9.93. The number of ketones is 1. The van der Waals surface area contributed by atoms with Gasteiger partial charge in [-0.3, -0.25) is 24.4 Å². The molecule has 0 radical (unpaired) electrons. The Morgan fingerprint density at radius 1 is 1.11 bits per heavy atom. The zero-order valence-corrected chi connectivity index (χ0v) is 16.4. The van der Waals surface area contributed by atoms with E-state index in [-0.39, 0.29) is 23.5 Å². The molecule has 1 aliphatic carbocycles. The van der Waals surface area contributed by atoms with Crippen molar-refractivity contribution in [3.63, 3.8) is 0 Å². The first-order chi connectivity index (χ1) is 13.5. The minimum absolute atomic E-state index is 0.0984. The minimum Gasteiger partial charge on any atom is -0.353 e. The average molecular weight is 387 g/mol. The summed E-state index contributed by atoms with van der Waals surface area (Å²) in [6.45, 7) is 4.68. The molecule has 2 N–H and O–H groups in total. The topological polar surface area (TPSA) is 98.4 Å². The number of aromatic amines is 1. The van der Waals surface area contributed by atoms with Gasteiger partial charge in [0.2, 0.25) is 5.91 Å². The molecule has 1 atom stereocenters. The van der Waals surface area contributed by atoms with Crippen LogP contribution < -0.4 is 5.32 Å². The first-order valence-electron chi connectivity index (χ1n) is 10.4. The first kappa shape index (κ1) is 19.1. The molecule has 8 heteroatoms. The summed E-state index contributed by atoms with van der Waals surface area (Å²) in [7, 11) is 0. The van der Waals surface area contributed by atoms with Gasteiger partial charge in [0, 0.05) is 38.6 Å². The van der Waals surface area contributed by atoms with Crippen LogP contribution in [0, 0.1) is 5.92 Å². The number of hydrogen-bond donors (Lipinski definition) is 2. The number of nitrogens with one attached hydrogen (secondary N) is 2. The number of amides is 2. The Hall–Kier alpha value is -2.22. The van der Waals surface area contributed by atoms with Crippen LogP contribution in [0.25, 0.3) is 0 Å². The molecule has 0 spiro atoms. The maximum atomic E-state index is 12.6. The first-order valence-corrected chi connectivity index (χ1v) is 10.4. The van der Waals surface area contributed by atoms with Crippen molar-refractivity contribution in [3.8, 4) is 0 Å². The van der Waals surface area contributed by atoms with E-state index in [2.05, 4.69) is 20.4 Å². The van der Waals surface area contributed by atoms with Gasteiger partial charge in [-0.15, -0.1) is 0 Å². The molecule has 2 amide bonds. The van der Waals surface area contributed by atoms with E-state index in [1.807, 2.05) is 4.90 Å². The number of rotatable bonds is 5. The summed E-state index contributed by atoms with van der Waals surface area (Å²) in [6, 6.07) is 2.38. The molecule has 3 fully saturated rings. The molecular weight excluding hydrogens is 358 g/mol. The maximum absolute atomic E-state index is 12.6. The standard InChI is InChI=1S/C20H29N5O3/c1-13(26)17-11-18(23-22-17)20(28)24-9-6-16(7-10-24)25-8-2-3-14(12-25)19(27)21-15-4-5-15/h11,14-16H,2-10,12H2,1H3,(H,21,27)(H,22,23). The maximum Gasteiger partial charge on any atom is 0.271 e. The molecule has 1 saturated carbocycles. The van der Waals surface area contributed by atoms with Crippen LogP contribution in [-0.2, 0) is 4.79 Å². The molecule has 28 heavy (non-hydrogen) atoms. The highest BCUT2D eigenvalue weighted by molar-refractivity contribution is 5.97. The highest BCUT2D eigenvalue weighted by Crippen LogP contribution is 2.26. The Morgan fingerprint density at radius 2 is 1.86 bits per heavy atom. The number of H-pyrrole nitrogens is 1. The Morgan fingerprint density at radius 3 is 2.50 bits per heavy atom. The van der Waals surface area contributed by atoms with Crippen molar-refractivity contribution < 1.29 is 14.4 Å². The Balaban J connectivity index is 1.28. The van der Waals surface area contributed by atoms with Crippen molar-refractivity contribution >= 4 is 17.6 Å². The third-order valence-corrected chi connectivity index (χ3v) is 6.18. The van der Waals surface area contributed by atoms with Crippen LogP contribution in [0.5, 0.6) is 0 Å². The van der Waals surface area contributed by atoms with Crippen LogP contribution in [-0.4, -0.2) is 75.9 Å². The van der Waals surface area contributed by atoms with E-state index in [4.69, 9.17) is 0 Å². The van der Waals surface area contributed by atoms with E-state index in [0.717, 1.165) is 51.6 Å². The van der Waals surface area contributed by atoms with Crippen molar-refractivity contribution in [3.05, 3.63) is 17.5 Å². The van der Waals surface area contributed by atoms with Gasteiger partial charge in [0.1, 0.15) is 11.4 Å². The summed E-state index contributed by atoms with van der Waals surface area (Å²) < 4.78 is 0. The van der Waals surface area contributed by atoms with E-state index in [9.17, 15) is 14.4 Å². The molecule has 2 saturated heterocycles. The lowest BCUT2D eigenvalue weighted by molar-refractivity contribution is -0.127. The number of aromatic nitrogens is 2. The molecule has 2 aliphatic heterocycles. The van der Waals surface area contributed by atoms with Crippen LogP contribution in [0.4, 0.5) is 0 Å². The monoisotopic (exact) mass is 387 g/mol. The number of nitrogens with zero attached hydrogens (tertiary/aromatic N) is 3. The van der Waals surface area contributed by atoms with Crippen molar-refractivity contribution in [1.29, 1.82) is 0 Å². The highest BCUT2D eigenvalue weighted by Gasteiger charge is 2.34. The third kappa shape index (κ3) is 4.27. The summed E-state index contributed by atoms with van der Waals surface area (Å²) in [5.41, 5.74) is 0.667. The van der Waals surface area contributed by atoms with Gasteiger partial charge in [0.15, 0.2) is 5.78 Å². The fourth-order valence-electron chi connectivity index (χ4n) is 4.31. The van der Waals surface area contributed by atoms with Crippen LogP contribution in [0.3, 0.4) is 0 Å².